The van der Waals surface area contributed by atoms with Gasteiger partial charge in [0.25, 0.3) is 5.69 Å². The number of ether oxygens (including phenoxy) is 2. The van der Waals surface area contributed by atoms with E-state index in [-0.39, 0.29) is 23.3 Å². The highest BCUT2D eigenvalue weighted by atomic mass is 19.3. The highest BCUT2D eigenvalue weighted by Gasteiger charge is 2.22. The van der Waals surface area contributed by atoms with E-state index in [4.69, 9.17) is 4.74 Å². The van der Waals surface area contributed by atoms with Crippen molar-refractivity contribution in [2.24, 2.45) is 0 Å². The zero-order chi connectivity index (χ0) is 20.0. The third kappa shape index (κ3) is 5.38. The van der Waals surface area contributed by atoms with Crippen molar-refractivity contribution >= 4 is 17.7 Å². The minimum atomic E-state index is -3.15. The van der Waals surface area contributed by atoms with E-state index in [0.29, 0.717) is 0 Å². The average molecular weight is 384 g/mol. The molecule has 0 saturated heterocycles. The maximum absolute atomic E-state index is 12.5. The average Bonchev–Trinajstić information content (AvgIpc) is 2.65. The Morgan fingerprint density at radius 1 is 1.30 bits per heavy atom. The van der Waals surface area contributed by atoms with Gasteiger partial charge in [0.15, 0.2) is 11.5 Å². The largest absolute Gasteiger partial charge is 0.493 e. The Balaban J connectivity index is 2.26. The van der Waals surface area contributed by atoms with Gasteiger partial charge in [-0.3, -0.25) is 14.9 Å². The molecule has 0 heterocycles. The Morgan fingerprint density at radius 3 is 2.52 bits per heavy atom. The molecule has 148 valence electrons. The maximum atomic E-state index is 12.5. The third-order valence-electron chi connectivity index (χ3n) is 4.60. The van der Waals surface area contributed by atoms with E-state index < -0.39 is 23.0 Å². The van der Waals surface area contributed by atoms with E-state index in [1.807, 2.05) is 0 Å². The molecule has 9 heteroatoms. The molecule has 0 atom stereocenters. The summed E-state index contributed by atoms with van der Waals surface area (Å²) in [5.74, 6) is -0.807. The molecule has 2 rings (SSSR count). The van der Waals surface area contributed by atoms with Crippen LogP contribution in [0.15, 0.2) is 18.2 Å². The zero-order valence-corrected chi connectivity index (χ0v) is 15.2. The van der Waals surface area contributed by atoms with Crippen molar-refractivity contribution in [2.45, 2.75) is 44.8 Å². The van der Waals surface area contributed by atoms with Crippen LogP contribution in [0, 0.1) is 10.1 Å². The van der Waals surface area contributed by atoms with Crippen LogP contribution in [0.1, 0.15) is 37.7 Å². The van der Waals surface area contributed by atoms with Gasteiger partial charge in [0, 0.05) is 19.2 Å². The van der Waals surface area contributed by atoms with Crippen molar-refractivity contribution < 1.29 is 28.0 Å². The summed E-state index contributed by atoms with van der Waals surface area (Å²) in [6.45, 7) is -3.15. The first-order valence-electron chi connectivity index (χ1n) is 8.59. The van der Waals surface area contributed by atoms with Gasteiger partial charge < -0.3 is 14.4 Å². The van der Waals surface area contributed by atoms with Crippen LogP contribution < -0.4 is 9.47 Å². The molecule has 1 fully saturated rings. The third-order valence-corrected chi connectivity index (χ3v) is 4.60. The molecule has 1 amide bonds. The monoisotopic (exact) mass is 384 g/mol. The quantitative estimate of drug-likeness (QED) is 0.403. The molecule has 0 N–H and O–H groups in total. The second-order valence-electron chi connectivity index (χ2n) is 6.27. The van der Waals surface area contributed by atoms with E-state index >= 15 is 0 Å². The smallest absolute Gasteiger partial charge is 0.387 e. The van der Waals surface area contributed by atoms with Crippen molar-refractivity contribution in [3.8, 4) is 11.5 Å². The number of amides is 1. The number of benzene rings is 1. The number of carbonyl (C=O) groups is 1. The SMILES string of the molecule is COc1cc(/C=C/C(=O)N(C)C2CCCCC2)c([N+](=O)[O-])cc1OC(F)F. The van der Waals surface area contributed by atoms with Gasteiger partial charge in [-0.15, -0.1) is 0 Å². The number of alkyl halides is 2. The van der Waals surface area contributed by atoms with Crippen LogP contribution in [0.3, 0.4) is 0 Å². The molecular weight excluding hydrogens is 362 g/mol. The Kier molecular flexibility index (Phi) is 7.09. The molecule has 0 spiro atoms. The molecule has 27 heavy (non-hydrogen) atoms. The number of nitrogens with zero attached hydrogens (tertiary/aromatic N) is 2. The first-order valence-corrected chi connectivity index (χ1v) is 8.59. The molecule has 0 aliphatic heterocycles. The summed E-state index contributed by atoms with van der Waals surface area (Å²) in [5.41, 5.74) is -0.403. The van der Waals surface area contributed by atoms with Crippen LogP contribution in [-0.2, 0) is 4.79 Å². The number of halogens is 2. The van der Waals surface area contributed by atoms with Gasteiger partial charge in [0.1, 0.15) is 0 Å². The van der Waals surface area contributed by atoms with Gasteiger partial charge in [0.05, 0.1) is 23.7 Å². The number of hydrogen-bond acceptors (Lipinski definition) is 5. The summed E-state index contributed by atoms with van der Waals surface area (Å²) in [6.07, 6.45) is 7.69. The zero-order valence-electron chi connectivity index (χ0n) is 15.2. The molecule has 1 aromatic carbocycles. The highest BCUT2D eigenvalue weighted by Crippen LogP contribution is 2.36. The number of likely N-dealkylation sites (N-methyl/N-ethyl adjacent to an activating group) is 1. The topological polar surface area (TPSA) is 81.9 Å². The molecule has 1 aliphatic rings. The Labute approximate surface area is 155 Å². The lowest BCUT2D eigenvalue weighted by Gasteiger charge is -2.30. The van der Waals surface area contributed by atoms with Crippen LogP contribution in [0.5, 0.6) is 11.5 Å². The molecule has 0 radical (unpaired) electrons. The lowest BCUT2D eigenvalue weighted by Crippen LogP contribution is -2.37. The fourth-order valence-corrected chi connectivity index (χ4v) is 3.13. The van der Waals surface area contributed by atoms with Crippen molar-refractivity contribution in [1.82, 2.24) is 4.90 Å². The Morgan fingerprint density at radius 2 is 1.96 bits per heavy atom. The minimum absolute atomic E-state index is 0.0591. The summed E-state index contributed by atoms with van der Waals surface area (Å²) >= 11 is 0. The van der Waals surface area contributed by atoms with Crippen LogP contribution in [0.25, 0.3) is 6.08 Å². The molecule has 0 unspecified atom stereocenters. The van der Waals surface area contributed by atoms with Gasteiger partial charge in [-0.25, -0.2) is 0 Å². The van der Waals surface area contributed by atoms with Crippen LogP contribution in [0.4, 0.5) is 14.5 Å². The first kappa shape index (κ1) is 20.6. The van der Waals surface area contributed by atoms with Crippen molar-refractivity contribution in [3.63, 3.8) is 0 Å². The van der Waals surface area contributed by atoms with Crippen LogP contribution in [0.2, 0.25) is 0 Å². The van der Waals surface area contributed by atoms with E-state index in [2.05, 4.69) is 4.74 Å². The predicted octanol–water partition coefficient (Wildman–Crippen LogP) is 4.01. The van der Waals surface area contributed by atoms with Gasteiger partial charge >= 0.3 is 6.61 Å². The van der Waals surface area contributed by atoms with Crippen LogP contribution >= 0.6 is 0 Å². The van der Waals surface area contributed by atoms with Crippen molar-refractivity contribution in [1.29, 1.82) is 0 Å². The fraction of sp³-hybridized carbons (Fsp3) is 0.500. The number of hydrogen-bond donors (Lipinski definition) is 0. The minimum Gasteiger partial charge on any atom is -0.493 e. The van der Waals surface area contributed by atoms with Gasteiger partial charge in [0.2, 0.25) is 5.91 Å². The van der Waals surface area contributed by atoms with E-state index in [1.165, 1.54) is 25.3 Å². The lowest BCUT2D eigenvalue weighted by atomic mass is 9.94. The molecular formula is C18H22F2N2O5. The molecule has 0 bridgehead atoms. The van der Waals surface area contributed by atoms with E-state index in [1.54, 1.807) is 11.9 Å². The second kappa shape index (κ2) is 9.29. The molecule has 7 nitrogen and oxygen atoms in total. The number of nitro groups is 1. The standard InChI is InChI=1S/C18H22F2N2O5/c1-21(13-6-4-3-5-7-13)17(23)9-8-12-10-15(26-2)16(27-18(19)20)11-14(12)22(24)25/h8-11,13,18H,3-7H2,1-2H3/b9-8+. The summed E-state index contributed by atoms with van der Waals surface area (Å²) in [5, 5.41) is 11.3. The number of methoxy groups -OCH3 is 1. The fourth-order valence-electron chi connectivity index (χ4n) is 3.13. The molecule has 1 aromatic rings. The van der Waals surface area contributed by atoms with E-state index in [0.717, 1.165) is 38.2 Å². The predicted molar refractivity (Wildman–Crippen MR) is 95.0 cm³/mol. The second-order valence-corrected chi connectivity index (χ2v) is 6.27. The van der Waals surface area contributed by atoms with Gasteiger partial charge in [-0.2, -0.15) is 8.78 Å². The van der Waals surface area contributed by atoms with Gasteiger partial charge in [-0.05, 0) is 25.0 Å². The summed E-state index contributed by atoms with van der Waals surface area (Å²) in [4.78, 5) is 24.6. The number of rotatable bonds is 7. The summed E-state index contributed by atoms with van der Waals surface area (Å²) in [6, 6.07) is 2.21. The van der Waals surface area contributed by atoms with Crippen molar-refractivity contribution in [2.75, 3.05) is 14.2 Å². The summed E-state index contributed by atoms with van der Waals surface area (Å²) < 4.78 is 34.2. The Hall–Kier alpha value is -2.71. The van der Waals surface area contributed by atoms with E-state index in [9.17, 15) is 23.7 Å². The number of nitro benzene ring substituents is 1. The number of carbonyl (C=O) groups excluding carboxylic acids is 1. The van der Waals surface area contributed by atoms with Crippen LogP contribution in [-0.4, -0.2) is 42.5 Å². The highest BCUT2D eigenvalue weighted by molar-refractivity contribution is 5.92. The molecule has 1 aliphatic carbocycles. The molecule has 0 aromatic heterocycles. The van der Waals surface area contributed by atoms with Gasteiger partial charge in [-0.1, -0.05) is 19.3 Å². The normalized spacial score (nSPS) is 15.1. The summed E-state index contributed by atoms with van der Waals surface area (Å²) in [7, 11) is 2.94. The Bertz CT molecular complexity index is 718. The first-order chi connectivity index (χ1) is 12.8. The van der Waals surface area contributed by atoms with Crippen molar-refractivity contribution in [3.05, 3.63) is 33.9 Å². The maximum Gasteiger partial charge on any atom is 0.387 e. The lowest BCUT2D eigenvalue weighted by molar-refractivity contribution is -0.385. The molecule has 1 saturated carbocycles.